The Morgan fingerprint density at radius 1 is 1.48 bits per heavy atom. The van der Waals surface area contributed by atoms with Crippen molar-refractivity contribution in [2.24, 2.45) is 0 Å². The maximum Gasteiger partial charge on any atom is 0.339 e. The number of sulfonamides is 1. The van der Waals surface area contributed by atoms with Crippen LogP contribution in [0, 0.1) is 5.82 Å². The van der Waals surface area contributed by atoms with E-state index in [1.807, 2.05) is 6.26 Å². The fourth-order valence-corrected chi connectivity index (χ4v) is 3.75. The molecule has 0 heterocycles. The second kappa shape index (κ2) is 7.77. The maximum absolute atomic E-state index is 13.3. The Balaban J connectivity index is 3.12. The van der Waals surface area contributed by atoms with Crippen molar-refractivity contribution in [3.05, 3.63) is 29.6 Å². The molecule has 0 aliphatic carbocycles. The van der Waals surface area contributed by atoms with Crippen molar-refractivity contribution in [3.63, 3.8) is 0 Å². The molecule has 21 heavy (non-hydrogen) atoms. The molecule has 1 atom stereocenters. The van der Waals surface area contributed by atoms with E-state index >= 15 is 0 Å². The second-order valence-corrected chi connectivity index (χ2v) is 7.10. The number of rotatable bonds is 7. The molecule has 1 unspecified atom stereocenters. The Bertz CT molecular complexity index is 604. The molecule has 5 nitrogen and oxygen atoms in total. The minimum absolute atomic E-state index is 0.191. The average molecular weight is 335 g/mol. The van der Waals surface area contributed by atoms with Gasteiger partial charge in [0.05, 0.1) is 17.6 Å². The van der Waals surface area contributed by atoms with Crippen molar-refractivity contribution in [2.75, 3.05) is 19.1 Å². The van der Waals surface area contributed by atoms with Crippen LogP contribution in [0.5, 0.6) is 0 Å². The number of carbonyl (C=O) groups is 1. The molecule has 1 aromatic rings. The van der Waals surface area contributed by atoms with E-state index < -0.39 is 26.7 Å². The minimum atomic E-state index is -4.00. The Morgan fingerprint density at radius 2 is 2.14 bits per heavy atom. The van der Waals surface area contributed by atoms with Gasteiger partial charge in [-0.1, -0.05) is 0 Å². The van der Waals surface area contributed by atoms with Gasteiger partial charge in [0.2, 0.25) is 10.0 Å². The summed E-state index contributed by atoms with van der Waals surface area (Å²) in [6.45, 7) is 1.71. The van der Waals surface area contributed by atoms with Crippen LogP contribution >= 0.6 is 11.8 Å². The van der Waals surface area contributed by atoms with E-state index in [2.05, 4.69) is 9.46 Å². The third kappa shape index (κ3) is 4.98. The standard InChI is InChI=1S/C13H18FNO4S2/c1-9(6-7-20-3)15-21(17,18)12-8-10(14)4-5-11(12)13(16)19-2/h4-5,8-9,15H,6-7H2,1-3H3. The van der Waals surface area contributed by atoms with Crippen molar-refractivity contribution in [1.82, 2.24) is 4.72 Å². The van der Waals surface area contributed by atoms with E-state index in [0.717, 1.165) is 31.1 Å². The first-order valence-corrected chi connectivity index (χ1v) is 9.08. The summed E-state index contributed by atoms with van der Waals surface area (Å²) in [5, 5.41) is 0. The van der Waals surface area contributed by atoms with Crippen LogP contribution in [-0.2, 0) is 14.8 Å². The lowest BCUT2D eigenvalue weighted by Crippen LogP contribution is -2.34. The third-order valence-electron chi connectivity index (χ3n) is 2.75. The number of hydrogen-bond donors (Lipinski definition) is 1. The van der Waals surface area contributed by atoms with Crippen LogP contribution in [0.3, 0.4) is 0 Å². The van der Waals surface area contributed by atoms with Gasteiger partial charge in [-0.2, -0.15) is 11.8 Å². The molecule has 0 amide bonds. The molecule has 1 N–H and O–H groups in total. The quantitative estimate of drug-likeness (QED) is 0.772. The largest absolute Gasteiger partial charge is 0.465 e. The zero-order chi connectivity index (χ0) is 16.0. The number of benzene rings is 1. The fraction of sp³-hybridized carbons (Fsp3) is 0.462. The monoisotopic (exact) mass is 335 g/mol. The first-order valence-electron chi connectivity index (χ1n) is 6.21. The summed E-state index contributed by atoms with van der Waals surface area (Å²) in [6.07, 6.45) is 2.55. The van der Waals surface area contributed by atoms with Crippen LogP contribution in [-0.4, -0.2) is 39.5 Å². The molecule has 1 rings (SSSR count). The van der Waals surface area contributed by atoms with Gasteiger partial charge in [0.15, 0.2) is 0 Å². The Morgan fingerprint density at radius 3 is 2.71 bits per heavy atom. The SMILES string of the molecule is COC(=O)c1ccc(F)cc1S(=O)(=O)NC(C)CCSC. The van der Waals surface area contributed by atoms with Gasteiger partial charge in [0, 0.05) is 6.04 Å². The molecule has 0 spiro atoms. The molecule has 0 fully saturated rings. The molecule has 0 aromatic heterocycles. The van der Waals surface area contributed by atoms with E-state index in [4.69, 9.17) is 0 Å². The van der Waals surface area contributed by atoms with Crippen molar-refractivity contribution in [1.29, 1.82) is 0 Å². The second-order valence-electron chi connectivity index (χ2n) is 4.44. The molecule has 118 valence electrons. The van der Waals surface area contributed by atoms with Gasteiger partial charge in [0.25, 0.3) is 0 Å². The summed E-state index contributed by atoms with van der Waals surface area (Å²) >= 11 is 1.60. The molecular formula is C13H18FNO4S2. The van der Waals surface area contributed by atoms with Gasteiger partial charge in [-0.3, -0.25) is 0 Å². The lowest BCUT2D eigenvalue weighted by Gasteiger charge is -2.15. The van der Waals surface area contributed by atoms with Crippen molar-refractivity contribution >= 4 is 27.8 Å². The van der Waals surface area contributed by atoms with E-state index in [1.165, 1.54) is 0 Å². The van der Waals surface area contributed by atoms with Crippen LogP contribution in [0.4, 0.5) is 4.39 Å². The summed E-state index contributed by atoms with van der Waals surface area (Å²) in [6, 6.07) is 2.61. The number of carbonyl (C=O) groups excluding carboxylic acids is 1. The predicted octanol–water partition coefficient (Wildman–Crippen LogP) is 2.03. The Labute approximate surface area is 128 Å². The highest BCUT2D eigenvalue weighted by Gasteiger charge is 2.25. The molecule has 0 saturated heterocycles. The lowest BCUT2D eigenvalue weighted by molar-refractivity contribution is 0.0596. The van der Waals surface area contributed by atoms with Crippen LogP contribution in [0.1, 0.15) is 23.7 Å². The summed E-state index contributed by atoms with van der Waals surface area (Å²) < 4.78 is 44.9. The number of nitrogens with one attached hydrogen (secondary N) is 1. The number of hydrogen-bond acceptors (Lipinski definition) is 5. The minimum Gasteiger partial charge on any atom is -0.465 e. The number of thioether (sulfide) groups is 1. The van der Waals surface area contributed by atoms with Gasteiger partial charge < -0.3 is 4.74 Å². The number of methoxy groups -OCH3 is 1. The van der Waals surface area contributed by atoms with Gasteiger partial charge in [-0.05, 0) is 43.6 Å². The van der Waals surface area contributed by atoms with Crippen LogP contribution < -0.4 is 4.72 Å². The molecule has 0 saturated carbocycles. The maximum atomic E-state index is 13.3. The smallest absolute Gasteiger partial charge is 0.339 e. The number of esters is 1. The van der Waals surface area contributed by atoms with Crippen LogP contribution in [0.2, 0.25) is 0 Å². The number of halogens is 1. The summed E-state index contributed by atoms with van der Waals surface area (Å²) in [5.74, 6) is -0.775. The lowest BCUT2D eigenvalue weighted by atomic mass is 10.2. The van der Waals surface area contributed by atoms with E-state index in [1.54, 1.807) is 18.7 Å². The van der Waals surface area contributed by atoms with Gasteiger partial charge >= 0.3 is 5.97 Å². The first kappa shape index (κ1) is 17.9. The summed E-state index contributed by atoms with van der Waals surface area (Å²) in [4.78, 5) is 11.2. The van der Waals surface area contributed by atoms with Crippen LogP contribution in [0.15, 0.2) is 23.1 Å². The summed E-state index contributed by atoms with van der Waals surface area (Å²) in [5.41, 5.74) is -0.191. The fourth-order valence-electron chi connectivity index (χ4n) is 1.68. The molecule has 0 bridgehead atoms. The molecule has 8 heteroatoms. The Hall–Kier alpha value is -1.12. The van der Waals surface area contributed by atoms with E-state index in [0.29, 0.717) is 6.42 Å². The van der Waals surface area contributed by atoms with Crippen molar-refractivity contribution < 1.29 is 22.3 Å². The Kier molecular flexibility index (Phi) is 6.63. The highest BCUT2D eigenvalue weighted by atomic mass is 32.2. The van der Waals surface area contributed by atoms with Crippen molar-refractivity contribution in [3.8, 4) is 0 Å². The molecule has 0 aliphatic heterocycles. The molecule has 0 aliphatic rings. The van der Waals surface area contributed by atoms with E-state index in [-0.39, 0.29) is 11.6 Å². The topological polar surface area (TPSA) is 72.5 Å². The first-order chi connectivity index (χ1) is 9.81. The van der Waals surface area contributed by atoms with Crippen molar-refractivity contribution in [2.45, 2.75) is 24.3 Å². The zero-order valence-corrected chi connectivity index (χ0v) is 13.7. The van der Waals surface area contributed by atoms with E-state index in [9.17, 15) is 17.6 Å². The molecule has 1 aromatic carbocycles. The molecular weight excluding hydrogens is 317 g/mol. The average Bonchev–Trinajstić information content (AvgIpc) is 2.43. The normalized spacial score (nSPS) is 13.0. The highest BCUT2D eigenvalue weighted by Crippen LogP contribution is 2.19. The van der Waals surface area contributed by atoms with Gasteiger partial charge in [-0.25, -0.2) is 22.3 Å². The van der Waals surface area contributed by atoms with Crippen LogP contribution in [0.25, 0.3) is 0 Å². The highest BCUT2D eigenvalue weighted by molar-refractivity contribution is 7.98. The third-order valence-corrected chi connectivity index (χ3v) is 5.02. The van der Waals surface area contributed by atoms with Gasteiger partial charge in [-0.15, -0.1) is 0 Å². The number of ether oxygens (including phenoxy) is 1. The molecule has 0 radical (unpaired) electrons. The summed E-state index contributed by atoms with van der Waals surface area (Å²) in [7, 11) is -2.86. The van der Waals surface area contributed by atoms with Gasteiger partial charge in [0.1, 0.15) is 5.82 Å². The zero-order valence-electron chi connectivity index (χ0n) is 12.1. The predicted molar refractivity (Wildman–Crippen MR) is 80.5 cm³/mol.